The zero-order valence-electron chi connectivity index (χ0n) is 19.8. The van der Waals surface area contributed by atoms with E-state index >= 15 is 0 Å². The first-order valence-corrected chi connectivity index (χ1v) is 12.7. The Morgan fingerprint density at radius 2 is 1.88 bits per heavy atom. The minimum Gasteiger partial charge on any atom is -0.378 e. The predicted molar refractivity (Wildman–Crippen MR) is 129 cm³/mol. The van der Waals surface area contributed by atoms with E-state index in [1.165, 1.54) is 11.1 Å². The summed E-state index contributed by atoms with van der Waals surface area (Å²) in [5, 5.41) is 0. The van der Waals surface area contributed by atoms with Crippen LogP contribution >= 0.6 is 0 Å². The molecule has 0 radical (unpaired) electrons. The summed E-state index contributed by atoms with van der Waals surface area (Å²) in [7, 11) is 0. The highest BCUT2D eigenvalue weighted by Gasteiger charge is 2.29. The smallest absolute Gasteiger partial charge is 0.222 e. The molecule has 0 N–H and O–H groups in total. The van der Waals surface area contributed by atoms with Gasteiger partial charge < -0.3 is 14.5 Å². The molecule has 4 heterocycles. The summed E-state index contributed by atoms with van der Waals surface area (Å²) >= 11 is 0. The molecular formula is C27H36N4O2. The Kier molecular flexibility index (Phi) is 6.91. The first kappa shape index (κ1) is 22.3. The number of hydrogen-bond donors (Lipinski definition) is 0. The Morgan fingerprint density at radius 3 is 2.64 bits per heavy atom. The highest BCUT2D eigenvalue weighted by atomic mass is 16.5. The molecule has 2 aromatic rings. The van der Waals surface area contributed by atoms with Gasteiger partial charge in [0.15, 0.2) is 0 Å². The second-order valence-corrected chi connectivity index (χ2v) is 9.81. The van der Waals surface area contributed by atoms with E-state index in [1.54, 1.807) is 0 Å². The van der Waals surface area contributed by atoms with Crippen LogP contribution in [-0.2, 0) is 22.5 Å². The van der Waals surface area contributed by atoms with Gasteiger partial charge in [-0.05, 0) is 57.4 Å². The highest BCUT2D eigenvalue weighted by molar-refractivity contribution is 5.76. The molecule has 1 aromatic carbocycles. The Morgan fingerprint density at radius 1 is 1.06 bits per heavy atom. The SMILES string of the molecule is Cc1nc(C2CCN(C(=O)CCC3CCCO3)CC2)nc2c1CCCN2Cc1ccccc1. The van der Waals surface area contributed by atoms with Crippen molar-refractivity contribution in [3.63, 3.8) is 0 Å². The molecule has 0 spiro atoms. The number of likely N-dealkylation sites (tertiary alicyclic amines) is 1. The van der Waals surface area contributed by atoms with Gasteiger partial charge in [-0.15, -0.1) is 0 Å². The minimum atomic E-state index is 0.278. The van der Waals surface area contributed by atoms with Crippen molar-refractivity contribution in [2.75, 3.05) is 31.1 Å². The van der Waals surface area contributed by atoms with Crippen LogP contribution in [-0.4, -0.2) is 53.1 Å². The number of anilines is 1. The second kappa shape index (κ2) is 10.2. The summed E-state index contributed by atoms with van der Waals surface area (Å²) in [5.41, 5.74) is 3.75. The summed E-state index contributed by atoms with van der Waals surface area (Å²) in [6, 6.07) is 10.7. The molecule has 0 saturated carbocycles. The van der Waals surface area contributed by atoms with Gasteiger partial charge in [-0.2, -0.15) is 0 Å². The molecule has 3 aliphatic rings. The van der Waals surface area contributed by atoms with Crippen LogP contribution in [0.15, 0.2) is 30.3 Å². The van der Waals surface area contributed by atoms with E-state index < -0.39 is 0 Å². The zero-order valence-corrected chi connectivity index (χ0v) is 19.8. The number of aromatic nitrogens is 2. The van der Waals surface area contributed by atoms with Gasteiger partial charge in [-0.3, -0.25) is 4.79 Å². The third kappa shape index (κ3) is 5.21. The third-order valence-corrected chi connectivity index (χ3v) is 7.50. The molecule has 6 heteroatoms. The number of fused-ring (bicyclic) bond motifs is 1. The maximum Gasteiger partial charge on any atom is 0.222 e. The molecule has 1 atom stereocenters. The Balaban J connectivity index is 1.23. The van der Waals surface area contributed by atoms with Crippen molar-refractivity contribution in [2.24, 2.45) is 0 Å². The van der Waals surface area contributed by atoms with Crippen molar-refractivity contribution >= 4 is 11.7 Å². The van der Waals surface area contributed by atoms with Gasteiger partial charge in [0.05, 0.1) is 6.10 Å². The molecule has 6 nitrogen and oxygen atoms in total. The minimum absolute atomic E-state index is 0.278. The van der Waals surface area contributed by atoms with Crippen LogP contribution < -0.4 is 4.90 Å². The number of benzene rings is 1. The van der Waals surface area contributed by atoms with E-state index in [-0.39, 0.29) is 12.0 Å². The molecule has 1 amide bonds. The fraction of sp³-hybridized carbons (Fsp3) is 0.593. The van der Waals surface area contributed by atoms with E-state index in [1.807, 2.05) is 4.90 Å². The van der Waals surface area contributed by atoms with Crippen LogP contribution in [0.3, 0.4) is 0 Å². The molecule has 176 valence electrons. The quantitative estimate of drug-likeness (QED) is 0.655. The van der Waals surface area contributed by atoms with E-state index in [2.05, 4.69) is 42.2 Å². The Hall–Kier alpha value is -2.47. The predicted octanol–water partition coefficient (Wildman–Crippen LogP) is 4.40. The number of rotatable bonds is 6. The van der Waals surface area contributed by atoms with E-state index in [0.717, 1.165) is 95.1 Å². The van der Waals surface area contributed by atoms with Crippen LogP contribution in [0.25, 0.3) is 0 Å². The van der Waals surface area contributed by atoms with Crippen LogP contribution in [0.1, 0.15) is 73.5 Å². The number of amides is 1. The van der Waals surface area contributed by atoms with Gasteiger partial charge in [-0.1, -0.05) is 30.3 Å². The van der Waals surface area contributed by atoms with Gasteiger partial charge in [0.2, 0.25) is 5.91 Å². The highest BCUT2D eigenvalue weighted by Crippen LogP contribution is 2.33. The average Bonchev–Trinajstić information content (AvgIpc) is 3.37. The normalized spacial score (nSPS) is 21.3. The third-order valence-electron chi connectivity index (χ3n) is 7.50. The molecule has 1 unspecified atom stereocenters. The van der Waals surface area contributed by atoms with E-state index in [9.17, 15) is 4.79 Å². The second-order valence-electron chi connectivity index (χ2n) is 9.81. The van der Waals surface area contributed by atoms with Crippen molar-refractivity contribution in [3.05, 3.63) is 53.0 Å². The summed E-state index contributed by atoms with van der Waals surface area (Å²) in [5.74, 6) is 2.71. The van der Waals surface area contributed by atoms with E-state index in [4.69, 9.17) is 14.7 Å². The van der Waals surface area contributed by atoms with Crippen LogP contribution in [0, 0.1) is 6.92 Å². The molecule has 0 bridgehead atoms. The molecule has 1 aromatic heterocycles. The lowest BCUT2D eigenvalue weighted by atomic mass is 9.94. The van der Waals surface area contributed by atoms with Gasteiger partial charge in [0.1, 0.15) is 11.6 Å². The first-order valence-electron chi connectivity index (χ1n) is 12.7. The topological polar surface area (TPSA) is 58.6 Å². The molecule has 5 rings (SSSR count). The molecule has 3 aliphatic heterocycles. The lowest BCUT2D eigenvalue weighted by molar-refractivity contribution is -0.132. The number of nitrogens with zero attached hydrogens (tertiary/aromatic N) is 4. The van der Waals surface area contributed by atoms with Crippen LogP contribution in [0.2, 0.25) is 0 Å². The number of aryl methyl sites for hydroxylation is 1. The summed E-state index contributed by atoms with van der Waals surface area (Å²) in [4.78, 5) is 27.2. The fourth-order valence-corrected chi connectivity index (χ4v) is 5.55. The molecule has 33 heavy (non-hydrogen) atoms. The van der Waals surface area contributed by atoms with Gasteiger partial charge in [0, 0.05) is 56.4 Å². The molecule has 0 aliphatic carbocycles. The summed E-state index contributed by atoms with van der Waals surface area (Å²) in [6.07, 6.45) is 8.10. The van der Waals surface area contributed by atoms with Gasteiger partial charge in [-0.25, -0.2) is 9.97 Å². The number of piperidine rings is 1. The standard InChI is InChI=1S/C27H36N4O2/c1-20-24-10-5-15-31(19-21-7-3-2-4-8-21)27(24)29-26(28-20)22-13-16-30(17-14-22)25(32)12-11-23-9-6-18-33-23/h2-4,7-8,22-23H,5-6,9-19H2,1H3. The van der Waals surface area contributed by atoms with Gasteiger partial charge >= 0.3 is 0 Å². The number of ether oxygens (including phenoxy) is 1. The summed E-state index contributed by atoms with van der Waals surface area (Å²) < 4.78 is 5.68. The monoisotopic (exact) mass is 448 g/mol. The van der Waals surface area contributed by atoms with Crippen molar-refractivity contribution in [1.29, 1.82) is 0 Å². The lowest BCUT2D eigenvalue weighted by Crippen LogP contribution is -2.38. The van der Waals surface area contributed by atoms with E-state index in [0.29, 0.717) is 12.3 Å². The zero-order chi connectivity index (χ0) is 22.6. The molecular weight excluding hydrogens is 412 g/mol. The van der Waals surface area contributed by atoms with Crippen molar-refractivity contribution in [1.82, 2.24) is 14.9 Å². The average molecular weight is 449 g/mol. The maximum absolute atomic E-state index is 12.7. The summed E-state index contributed by atoms with van der Waals surface area (Å²) in [6.45, 7) is 6.54. The van der Waals surface area contributed by atoms with Crippen LogP contribution in [0.5, 0.6) is 0 Å². The molecule has 2 fully saturated rings. The van der Waals surface area contributed by atoms with Crippen LogP contribution in [0.4, 0.5) is 5.82 Å². The molecule has 2 saturated heterocycles. The fourth-order valence-electron chi connectivity index (χ4n) is 5.55. The van der Waals surface area contributed by atoms with Crippen molar-refractivity contribution in [2.45, 2.75) is 76.9 Å². The lowest BCUT2D eigenvalue weighted by Gasteiger charge is -2.34. The number of hydrogen-bond acceptors (Lipinski definition) is 5. The Bertz CT molecular complexity index is 950. The largest absolute Gasteiger partial charge is 0.378 e. The van der Waals surface area contributed by atoms with Crippen molar-refractivity contribution in [3.8, 4) is 0 Å². The number of carbonyl (C=O) groups is 1. The Labute approximate surface area is 197 Å². The van der Waals surface area contributed by atoms with Gasteiger partial charge in [0.25, 0.3) is 0 Å². The first-order chi connectivity index (χ1) is 16.2. The maximum atomic E-state index is 12.7. The number of carbonyl (C=O) groups excluding carboxylic acids is 1. The van der Waals surface area contributed by atoms with Crippen molar-refractivity contribution < 1.29 is 9.53 Å².